The van der Waals surface area contributed by atoms with Crippen LogP contribution >= 0.6 is 11.8 Å². The highest BCUT2D eigenvalue weighted by atomic mass is 32.2. The minimum absolute atomic E-state index is 0.121. The van der Waals surface area contributed by atoms with Crippen LogP contribution in [0.25, 0.3) is 0 Å². The minimum atomic E-state index is -1.29. The van der Waals surface area contributed by atoms with Gasteiger partial charge in [-0.15, -0.1) is 11.8 Å². The first-order chi connectivity index (χ1) is 16.7. The van der Waals surface area contributed by atoms with Gasteiger partial charge in [0.25, 0.3) is 5.91 Å². The van der Waals surface area contributed by atoms with Crippen LogP contribution in [0.15, 0.2) is 35.8 Å². The number of thioether (sulfide) groups is 1. The SMILES string of the molecule is CC(=O)OCC1=C(C(=O)O)N2C(=O)C(NC(=O)C(CCCCCCC(=O)O)n3cccc3)C2SC1. The molecule has 2 aliphatic rings. The predicted molar refractivity (Wildman–Crippen MR) is 125 cm³/mol. The number of carboxylic acid groups (broad SMARTS) is 2. The largest absolute Gasteiger partial charge is 0.481 e. The topological polar surface area (TPSA) is 155 Å². The van der Waals surface area contributed by atoms with Crippen molar-refractivity contribution in [2.45, 2.75) is 62.9 Å². The number of carboxylic acids is 2. The summed E-state index contributed by atoms with van der Waals surface area (Å²) >= 11 is 1.31. The number of nitrogens with zero attached hydrogens (tertiary/aromatic N) is 2. The number of hydrogen-bond acceptors (Lipinski definition) is 7. The second kappa shape index (κ2) is 11.9. The molecule has 3 atom stereocenters. The van der Waals surface area contributed by atoms with Crippen LogP contribution in [0.2, 0.25) is 0 Å². The zero-order valence-corrected chi connectivity index (χ0v) is 20.2. The molecule has 3 heterocycles. The van der Waals surface area contributed by atoms with Crippen molar-refractivity contribution in [1.82, 2.24) is 14.8 Å². The van der Waals surface area contributed by atoms with Crippen LogP contribution in [-0.2, 0) is 28.7 Å². The molecular formula is C23H29N3O8S. The number of esters is 1. The summed E-state index contributed by atoms with van der Waals surface area (Å²) in [6, 6.07) is 2.20. The summed E-state index contributed by atoms with van der Waals surface area (Å²) in [5.74, 6) is -3.26. The second-order valence-electron chi connectivity index (χ2n) is 8.43. The summed E-state index contributed by atoms with van der Waals surface area (Å²) < 4.78 is 6.69. The first-order valence-electron chi connectivity index (χ1n) is 11.4. The van der Waals surface area contributed by atoms with Crippen molar-refractivity contribution in [3.05, 3.63) is 35.8 Å². The number of β-lactam (4-membered cyclic amide) rings is 1. The van der Waals surface area contributed by atoms with E-state index in [9.17, 15) is 29.1 Å². The van der Waals surface area contributed by atoms with E-state index in [-0.39, 0.29) is 30.4 Å². The number of hydrogen-bond donors (Lipinski definition) is 3. The molecule has 1 saturated heterocycles. The normalized spacial score (nSPS) is 20.0. The number of carbonyl (C=O) groups excluding carboxylic acids is 3. The molecule has 1 aromatic heterocycles. The number of fused-ring (bicyclic) bond motifs is 1. The number of nitrogens with one attached hydrogen (secondary N) is 1. The highest BCUT2D eigenvalue weighted by Crippen LogP contribution is 2.40. The molecular weight excluding hydrogens is 478 g/mol. The third kappa shape index (κ3) is 6.44. The zero-order chi connectivity index (χ0) is 25.5. The van der Waals surface area contributed by atoms with Crippen LogP contribution in [0.3, 0.4) is 0 Å². The van der Waals surface area contributed by atoms with Crippen LogP contribution in [0.1, 0.15) is 51.5 Å². The Balaban J connectivity index is 1.63. The lowest BCUT2D eigenvalue weighted by Gasteiger charge is -2.49. The van der Waals surface area contributed by atoms with E-state index in [1.807, 2.05) is 0 Å². The Morgan fingerprint density at radius 2 is 1.83 bits per heavy atom. The van der Waals surface area contributed by atoms with Gasteiger partial charge in [-0.2, -0.15) is 0 Å². The Morgan fingerprint density at radius 3 is 2.46 bits per heavy atom. The lowest BCUT2D eigenvalue weighted by atomic mass is 10.0. The second-order valence-corrected chi connectivity index (χ2v) is 9.53. The average Bonchev–Trinajstić information content (AvgIpc) is 3.33. The molecule has 12 heteroatoms. The maximum absolute atomic E-state index is 13.2. The van der Waals surface area contributed by atoms with Gasteiger partial charge in [0.2, 0.25) is 5.91 Å². The lowest BCUT2D eigenvalue weighted by molar-refractivity contribution is -0.151. The third-order valence-corrected chi connectivity index (χ3v) is 7.25. The Labute approximate surface area is 206 Å². The number of unbranched alkanes of at least 4 members (excludes halogenated alkanes) is 3. The van der Waals surface area contributed by atoms with E-state index in [0.717, 1.165) is 17.7 Å². The first-order valence-corrected chi connectivity index (χ1v) is 12.4. The van der Waals surface area contributed by atoms with Gasteiger partial charge >= 0.3 is 17.9 Å². The van der Waals surface area contributed by atoms with Crippen LogP contribution in [0.4, 0.5) is 0 Å². The molecule has 0 aromatic carbocycles. The summed E-state index contributed by atoms with van der Waals surface area (Å²) in [6.07, 6.45) is 7.01. The van der Waals surface area contributed by atoms with Crippen LogP contribution in [0, 0.1) is 0 Å². The van der Waals surface area contributed by atoms with Gasteiger partial charge in [0, 0.05) is 37.1 Å². The average molecular weight is 508 g/mol. The number of amides is 2. The van der Waals surface area contributed by atoms with Crippen LogP contribution in [-0.4, -0.2) is 73.2 Å². The quantitative estimate of drug-likeness (QED) is 0.206. The summed E-state index contributed by atoms with van der Waals surface area (Å²) in [7, 11) is 0. The molecule has 3 unspecified atom stereocenters. The van der Waals surface area contributed by atoms with Crippen molar-refractivity contribution in [3.63, 3.8) is 0 Å². The Morgan fingerprint density at radius 1 is 1.14 bits per heavy atom. The molecule has 190 valence electrons. The summed E-state index contributed by atoms with van der Waals surface area (Å²) in [6.45, 7) is 1.01. The summed E-state index contributed by atoms with van der Waals surface area (Å²) in [5, 5.41) is 20.6. The van der Waals surface area contributed by atoms with Crippen molar-refractivity contribution in [3.8, 4) is 0 Å². The van der Waals surface area contributed by atoms with Gasteiger partial charge in [-0.3, -0.25) is 24.1 Å². The standard InChI is InChI=1S/C23H29N3O8S/c1-14(27)34-12-15-13-35-22-18(21(31)26(22)19(15)23(32)33)24-20(30)16(25-10-6-7-11-25)8-4-2-3-5-9-17(28)29/h6-7,10-11,16,18,22H,2-5,8-9,12-13H2,1H3,(H,24,30)(H,28,29)(H,32,33). The van der Waals surface area contributed by atoms with E-state index in [2.05, 4.69) is 5.32 Å². The molecule has 0 saturated carbocycles. The zero-order valence-electron chi connectivity index (χ0n) is 19.3. The summed E-state index contributed by atoms with van der Waals surface area (Å²) in [5.41, 5.74) is 0.133. The summed E-state index contributed by atoms with van der Waals surface area (Å²) in [4.78, 5) is 60.8. The molecule has 3 rings (SSSR count). The van der Waals surface area contributed by atoms with Gasteiger partial charge in [-0.25, -0.2) is 4.79 Å². The molecule has 0 radical (unpaired) electrons. The molecule has 3 N–H and O–H groups in total. The fraction of sp³-hybridized carbons (Fsp3) is 0.522. The van der Waals surface area contributed by atoms with Gasteiger partial charge < -0.3 is 24.8 Å². The number of ether oxygens (including phenoxy) is 1. The van der Waals surface area contributed by atoms with E-state index < -0.39 is 41.3 Å². The van der Waals surface area contributed by atoms with Crippen molar-refractivity contribution >= 4 is 41.5 Å². The predicted octanol–water partition coefficient (Wildman–Crippen LogP) is 1.76. The van der Waals surface area contributed by atoms with Gasteiger partial charge in [-0.05, 0) is 25.0 Å². The van der Waals surface area contributed by atoms with Crippen molar-refractivity contribution in [2.24, 2.45) is 0 Å². The van der Waals surface area contributed by atoms with E-state index in [0.29, 0.717) is 24.8 Å². The number of carbonyl (C=O) groups is 5. The molecule has 0 aliphatic carbocycles. The van der Waals surface area contributed by atoms with E-state index in [1.54, 1.807) is 29.1 Å². The fourth-order valence-electron chi connectivity index (χ4n) is 4.17. The van der Waals surface area contributed by atoms with Crippen molar-refractivity contribution < 1.29 is 38.9 Å². The molecule has 2 amide bonds. The Bertz CT molecular complexity index is 1010. The highest BCUT2D eigenvalue weighted by molar-refractivity contribution is 8.00. The molecule has 11 nitrogen and oxygen atoms in total. The van der Waals surface area contributed by atoms with E-state index >= 15 is 0 Å². The smallest absolute Gasteiger partial charge is 0.352 e. The highest BCUT2D eigenvalue weighted by Gasteiger charge is 2.54. The Hall–Kier alpha value is -3.28. The number of aliphatic carboxylic acids is 2. The Kier molecular flexibility index (Phi) is 8.96. The maximum atomic E-state index is 13.2. The molecule has 35 heavy (non-hydrogen) atoms. The van der Waals surface area contributed by atoms with Gasteiger partial charge in [0.1, 0.15) is 29.8 Å². The number of rotatable bonds is 13. The lowest BCUT2D eigenvalue weighted by Crippen LogP contribution is -2.71. The fourth-order valence-corrected chi connectivity index (χ4v) is 5.50. The molecule has 0 bridgehead atoms. The van der Waals surface area contributed by atoms with E-state index in [4.69, 9.17) is 9.84 Å². The van der Waals surface area contributed by atoms with Crippen molar-refractivity contribution in [1.29, 1.82) is 0 Å². The monoisotopic (exact) mass is 507 g/mol. The van der Waals surface area contributed by atoms with Crippen LogP contribution in [0.5, 0.6) is 0 Å². The van der Waals surface area contributed by atoms with Crippen LogP contribution < -0.4 is 5.32 Å². The maximum Gasteiger partial charge on any atom is 0.352 e. The first kappa shape index (κ1) is 26.3. The molecule has 2 aliphatic heterocycles. The molecule has 1 aromatic rings. The molecule has 1 fully saturated rings. The van der Waals surface area contributed by atoms with Gasteiger partial charge in [0.15, 0.2) is 0 Å². The molecule has 0 spiro atoms. The number of aromatic nitrogens is 1. The van der Waals surface area contributed by atoms with Crippen molar-refractivity contribution in [2.75, 3.05) is 12.4 Å². The third-order valence-electron chi connectivity index (χ3n) is 5.91. The minimum Gasteiger partial charge on any atom is -0.481 e. The van der Waals surface area contributed by atoms with E-state index in [1.165, 1.54) is 18.7 Å². The van der Waals surface area contributed by atoms with Gasteiger partial charge in [0.05, 0.1) is 0 Å². The van der Waals surface area contributed by atoms with Gasteiger partial charge in [-0.1, -0.05) is 19.3 Å².